The summed E-state index contributed by atoms with van der Waals surface area (Å²) in [6, 6.07) is 0.733. The van der Waals surface area contributed by atoms with Gasteiger partial charge in [-0.3, -0.25) is 4.79 Å². The standard InChI is InChI=1S/C14H26N2OS/c1-11(12-5-3-2-4-6-12)16-14(17)9-13-10-18-8-7-15-13/h11-13,15H,2-10H2,1H3,(H,16,17)/t11-,13?/m0/s1. The molecule has 0 aromatic heterocycles. The Bertz CT molecular complexity index is 261. The molecule has 0 radical (unpaired) electrons. The lowest BCUT2D eigenvalue weighted by molar-refractivity contribution is -0.122. The van der Waals surface area contributed by atoms with Crippen molar-refractivity contribution in [2.75, 3.05) is 18.1 Å². The van der Waals surface area contributed by atoms with Crippen molar-refractivity contribution in [1.29, 1.82) is 0 Å². The molecule has 2 rings (SSSR count). The molecule has 1 saturated heterocycles. The number of carbonyl (C=O) groups excluding carboxylic acids is 1. The molecule has 1 aliphatic heterocycles. The van der Waals surface area contributed by atoms with Crippen molar-refractivity contribution >= 4 is 17.7 Å². The number of amides is 1. The molecule has 1 saturated carbocycles. The zero-order chi connectivity index (χ0) is 12.8. The van der Waals surface area contributed by atoms with Crippen molar-refractivity contribution in [3.8, 4) is 0 Å². The van der Waals surface area contributed by atoms with Gasteiger partial charge in [0.1, 0.15) is 0 Å². The van der Waals surface area contributed by atoms with Gasteiger partial charge in [0.25, 0.3) is 0 Å². The maximum Gasteiger partial charge on any atom is 0.221 e. The van der Waals surface area contributed by atoms with Gasteiger partial charge in [-0.2, -0.15) is 11.8 Å². The molecule has 2 aliphatic rings. The normalized spacial score (nSPS) is 27.7. The van der Waals surface area contributed by atoms with Crippen molar-refractivity contribution < 1.29 is 4.79 Å². The SMILES string of the molecule is C[C@H](NC(=O)CC1CSCCN1)C1CCCCC1. The van der Waals surface area contributed by atoms with Gasteiger partial charge in [-0.25, -0.2) is 0 Å². The molecule has 0 spiro atoms. The van der Waals surface area contributed by atoms with Gasteiger partial charge in [-0.15, -0.1) is 0 Å². The molecule has 0 aromatic rings. The smallest absolute Gasteiger partial charge is 0.221 e. The summed E-state index contributed by atoms with van der Waals surface area (Å²) < 4.78 is 0. The maximum atomic E-state index is 12.0. The second-order valence-electron chi connectivity index (χ2n) is 5.68. The van der Waals surface area contributed by atoms with E-state index in [4.69, 9.17) is 0 Å². The Hall–Kier alpha value is -0.220. The van der Waals surface area contributed by atoms with Gasteiger partial charge in [0.15, 0.2) is 0 Å². The monoisotopic (exact) mass is 270 g/mol. The molecule has 0 aromatic carbocycles. The molecule has 2 N–H and O–H groups in total. The van der Waals surface area contributed by atoms with Crippen molar-refractivity contribution in [3.63, 3.8) is 0 Å². The largest absolute Gasteiger partial charge is 0.353 e. The summed E-state index contributed by atoms with van der Waals surface area (Å²) in [7, 11) is 0. The van der Waals surface area contributed by atoms with Crippen LogP contribution in [0.4, 0.5) is 0 Å². The summed E-state index contributed by atoms with van der Waals surface area (Å²) in [5.74, 6) is 3.19. The molecule has 3 nitrogen and oxygen atoms in total. The highest BCUT2D eigenvalue weighted by molar-refractivity contribution is 7.99. The summed E-state index contributed by atoms with van der Waals surface area (Å²) in [4.78, 5) is 12.0. The first-order valence-electron chi connectivity index (χ1n) is 7.36. The van der Waals surface area contributed by atoms with Gasteiger partial charge in [0.2, 0.25) is 5.91 Å². The van der Waals surface area contributed by atoms with E-state index >= 15 is 0 Å². The van der Waals surface area contributed by atoms with E-state index in [9.17, 15) is 4.79 Å². The predicted octanol–water partition coefficient (Wildman–Crippen LogP) is 2.17. The van der Waals surface area contributed by atoms with Crippen molar-refractivity contribution in [2.45, 2.75) is 57.5 Å². The Labute approximate surface area is 115 Å². The Morgan fingerprint density at radius 1 is 1.39 bits per heavy atom. The second kappa shape index (κ2) is 7.39. The van der Waals surface area contributed by atoms with Gasteiger partial charge in [-0.1, -0.05) is 19.3 Å². The minimum atomic E-state index is 0.230. The van der Waals surface area contributed by atoms with Crippen LogP contribution in [-0.4, -0.2) is 36.0 Å². The van der Waals surface area contributed by atoms with Crippen LogP contribution in [0, 0.1) is 5.92 Å². The lowest BCUT2D eigenvalue weighted by atomic mass is 9.84. The molecule has 1 heterocycles. The molecular weight excluding hydrogens is 244 g/mol. The quantitative estimate of drug-likeness (QED) is 0.822. The molecule has 1 amide bonds. The molecule has 1 aliphatic carbocycles. The number of carbonyl (C=O) groups is 1. The van der Waals surface area contributed by atoms with Crippen LogP contribution in [0.5, 0.6) is 0 Å². The van der Waals surface area contributed by atoms with Crippen LogP contribution in [0.15, 0.2) is 0 Å². The van der Waals surface area contributed by atoms with Gasteiger partial charge in [-0.05, 0) is 25.7 Å². The minimum Gasteiger partial charge on any atom is -0.353 e. The molecular formula is C14H26N2OS. The first-order chi connectivity index (χ1) is 8.75. The summed E-state index contributed by atoms with van der Waals surface area (Å²) in [6.07, 6.45) is 7.28. The fourth-order valence-electron chi connectivity index (χ4n) is 3.04. The van der Waals surface area contributed by atoms with Gasteiger partial charge in [0, 0.05) is 36.6 Å². The van der Waals surface area contributed by atoms with E-state index in [1.165, 1.54) is 37.9 Å². The molecule has 0 bridgehead atoms. The van der Waals surface area contributed by atoms with Crippen molar-refractivity contribution in [2.24, 2.45) is 5.92 Å². The number of hydrogen-bond donors (Lipinski definition) is 2. The zero-order valence-corrected chi connectivity index (χ0v) is 12.2. The van der Waals surface area contributed by atoms with Crippen LogP contribution >= 0.6 is 11.8 Å². The predicted molar refractivity (Wildman–Crippen MR) is 77.9 cm³/mol. The Balaban J connectivity index is 1.68. The van der Waals surface area contributed by atoms with E-state index in [2.05, 4.69) is 17.6 Å². The third kappa shape index (κ3) is 4.47. The summed E-state index contributed by atoms with van der Waals surface area (Å²) in [5.41, 5.74) is 0. The van der Waals surface area contributed by atoms with E-state index in [0.29, 0.717) is 24.4 Å². The van der Waals surface area contributed by atoms with E-state index < -0.39 is 0 Å². The van der Waals surface area contributed by atoms with Crippen molar-refractivity contribution in [1.82, 2.24) is 10.6 Å². The topological polar surface area (TPSA) is 41.1 Å². The highest BCUT2D eigenvalue weighted by Crippen LogP contribution is 2.26. The van der Waals surface area contributed by atoms with Crippen molar-refractivity contribution in [3.05, 3.63) is 0 Å². The fourth-order valence-corrected chi connectivity index (χ4v) is 3.99. The molecule has 18 heavy (non-hydrogen) atoms. The summed E-state index contributed by atoms with van der Waals surface area (Å²) >= 11 is 1.95. The Morgan fingerprint density at radius 2 is 2.17 bits per heavy atom. The van der Waals surface area contributed by atoms with Crippen LogP contribution < -0.4 is 10.6 Å². The van der Waals surface area contributed by atoms with Crippen LogP contribution in [0.1, 0.15) is 45.4 Å². The zero-order valence-electron chi connectivity index (χ0n) is 11.4. The van der Waals surface area contributed by atoms with Gasteiger partial charge in [0.05, 0.1) is 0 Å². The highest BCUT2D eigenvalue weighted by Gasteiger charge is 2.23. The third-order valence-electron chi connectivity index (χ3n) is 4.18. The molecule has 1 unspecified atom stereocenters. The average Bonchev–Trinajstić information content (AvgIpc) is 2.40. The first-order valence-corrected chi connectivity index (χ1v) is 8.51. The van der Waals surface area contributed by atoms with E-state index in [-0.39, 0.29) is 5.91 Å². The van der Waals surface area contributed by atoms with Crippen LogP contribution in [0.3, 0.4) is 0 Å². The number of thioether (sulfide) groups is 1. The van der Waals surface area contributed by atoms with Crippen LogP contribution in [-0.2, 0) is 4.79 Å². The van der Waals surface area contributed by atoms with Gasteiger partial charge >= 0.3 is 0 Å². The van der Waals surface area contributed by atoms with E-state index in [1.54, 1.807) is 0 Å². The molecule has 104 valence electrons. The number of nitrogens with one attached hydrogen (secondary N) is 2. The lowest BCUT2D eigenvalue weighted by Crippen LogP contribution is -2.44. The van der Waals surface area contributed by atoms with Crippen LogP contribution in [0.25, 0.3) is 0 Å². The Kier molecular flexibility index (Phi) is 5.83. The maximum absolute atomic E-state index is 12.0. The highest BCUT2D eigenvalue weighted by atomic mass is 32.2. The Morgan fingerprint density at radius 3 is 2.83 bits per heavy atom. The third-order valence-corrected chi connectivity index (χ3v) is 5.31. The number of hydrogen-bond acceptors (Lipinski definition) is 3. The molecule has 4 heteroatoms. The summed E-state index contributed by atoms with van der Waals surface area (Å²) in [6.45, 7) is 3.22. The van der Waals surface area contributed by atoms with E-state index in [0.717, 1.165) is 12.3 Å². The summed E-state index contributed by atoms with van der Waals surface area (Å²) in [5, 5.41) is 6.63. The molecule has 2 fully saturated rings. The van der Waals surface area contributed by atoms with Crippen LogP contribution in [0.2, 0.25) is 0 Å². The molecule has 2 atom stereocenters. The first kappa shape index (κ1) is 14.2. The second-order valence-corrected chi connectivity index (χ2v) is 6.83. The fraction of sp³-hybridized carbons (Fsp3) is 0.929. The van der Waals surface area contributed by atoms with Gasteiger partial charge < -0.3 is 10.6 Å². The number of rotatable bonds is 4. The lowest BCUT2D eigenvalue weighted by Gasteiger charge is -2.29. The average molecular weight is 270 g/mol. The van der Waals surface area contributed by atoms with E-state index in [1.807, 2.05) is 11.8 Å². The minimum absolute atomic E-state index is 0.230.